The van der Waals surface area contributed by atoms with Gasteiger partial charge in [-0.25, -0.2) is 0 Å². The molecule has 0 saturated heterocycles. The summed E-state index contributed by atoms with van der Waals surface area (Å²) in [7, 11) is 0. The lowest BCUT2D eigenvalue weighted by atomic mass is 10.1. The van der Waals surface area contributed by atoms with Gasteiger partial charge in [0.25, 0.3) is 0 Å². The molecule has 0 fully saturated rings. The minimum absolute atomic E-state index is 0.705. The molecule has 16 heavy (non-hydrogen) atoms. The van der Waals surface area contributed by atoms with Crippen LogP contribution in [0.25, 0.3) is 16.8 Å². The minimum atomic E-state index is 0.705. The van der Waals surface area contributed by atoms with E-state index < -0.39 is 0 Å². The first-order valence-electron chi connectivity index (χ1n) is 5.77. The van der Waals surface area contributed by atoms with E-state index in [1.54, 1.807) is 0 Å². The summed E-state index contributed by atoms with van der Waals surface area (Å²) in [6.45, 7) is 4.44. The van der Waals surface area contributed by atoms with E-state index in [1.165, 1.54) is 10.8 Å². The van der Waals surface area contributed by atoms with Gasteiger partial charge in [0.1, 0.15) is 0 Å². The Morgan fingerprint density at radius 2 is 1.94 bits per heavy atom. The molecule has 0 unspecified atom stereocenters. The summed E-state index contributed by atoms with van der Waals surface area (Å²) in [6.07, 6.45) is 7.34. The fourth-order valence-electron chi connectivity index (χ4n) is 1.65. The van der Waals surface area contributed by atoms with Gasteiger partial charge in [0.05, 0.1) is 5.69 Å². The fourth-order valence-corrected chi connectivity index (χ4v) is 1.65. The molecule has 0 N–H and O–H groups in total. The zero-order valence-corrected chi connectivity index (χ0v) is 9.85. The van der Waals surface area contributed by atoms with Gasteiger partial charge in [0, 0.05) is 11.6 Å². The molecule has 2 rings (SSSR count). The van der Waals surface area contributed by atoms with Crippen molar-refractivity contribution in [3.05, 3.63) is 48.3 Å². The Kier molecular flexibility index (Phi) is 3.35. The average molecular weight is 211 g/mol. The zero-order valence-electron chi connectivity index (χ0n) is 9.85. The van der Waals surface area contributed by atoms with Crippen molar-refractivity contribution in [2.75, 3.05) is 0 Å². The molecule has 0 atom stereocenters. The van der Waals surface area contributed by atoms with Crippen molar-refractivity contribution in [2.45, 2.75) is 20.3 Å². The van der Waals surface area contributed by atoms with Crippen molar-refractivity contribution in [1.82, 2.24) is 4.98 Å². The summed E-state index contributed by atoms with van der Waals surface area (Å²) in [5.74, 6) is 0.705. The molecule has 1 aromatic carbocycles. The number of hydrogen-bond acceptors (Lipinski definition) is 1. The van der Waals surface area contributed by atoms with Crippen LogP contribution in [0, 0.1) is 5.92 Å². The summed E-state index contributed by atoms with van der Waals surface area (Å²) in [5, 5.41) is 2.45. The topological polar surface area (TPSA) is 12.9 Å². The maximum Gasteiger partial charge on any atom is 0.0632 e. The first kappa shape index (κ1) is 10.9. The Morgan fingerprint density at radius 1 is 1.19 bits per heavy atom. The maximum atomic E-state index is 4.42. The van der Waals surface area contributed by atoms with E-state index in [0.29, 0.717) is 5.92 Å². The van der Waals surface area contributed by atoms with Gasteiger partial charge in [0.15, 0.2) is 0 Å². The number of hydrogen-bond donors (Lipinski definition) is 0. The fraction of sp³-hybridized carbons (Fsp3) is 0.267. The first-order valence-corrected chi connectivity index (χ1v) is 5.77. The zero-order chi connectivity index (χ0) is 11.4. The van der Waals surface area contributed by atoms with Crippen LogP contribution in [0.5, 0.6) is 0 Å². The molecular formula is C15H17N. The number of benzene rings is 1. The molecule has 0 aliphatic carbocycles. The van der Waals surface area contributed by atoms with E-state index in [1.807, 2.05) is 12.3 Å². The van der Waals surface area contributed by atoms with E-state index in [-0.39, 0.29) is 0 Å². The highest BCUT2D eigenvalue weighted by atomic mass is 14.7. The summed E-state index contributed by atoms with van der Waals surface area (Å²) < 4.78 is 0. The smallest absolute Gasteiger partial charge is 0.0632 e. The number of aromatic nitrogens is 1. The Bertz CT molecular complexity index is 498. The lowest BCUT2D eigenvalue weighted by molar-refractivity contribution is 0.665. The highest BCUT2D eigenvalue weighted by molar-refractivity contribution is 5.82. The summed E-state index contributed by atoms with van der Waals surface area (Å²) in [6, 6.07) is 10.4. The average Bonchev–Trinajstić information content (AvgIpc) is 2.28. The molecule has 82 valence electrons. The molecule has 1 aromatic heterocycles. The van der Waals surface area contributed by atoms with E-state index in [0.717, 1.165) is 12.1 Å². The Balaban J connectivity index is 2.22. The molecule has 0 radical (unpaired) electrons. The number of allylic oxidation sites excluding steroid dienone is 1. The molecule has 2 aromatic rings. The molecular weight excluding hydrogens is 194 g/mol. The predicted octanol–water partition coefficient (Wildman–Crippen LogP) is 4.29. The standard InChI is InChI=1S/C15H17N/c1-12(2)6-5-9-15-10-13-7-3-4-8-14(13)11-16-15/h3-5,7-12H,6H2,1-2H3/b9-5+. The molecule has 1 nitrogen and oxygen atoms in total. The lowest BCUT2D eigenvalue weighted by Crippen LogP contribution is -1.83. The monoisotopic (exact) mass is 211 g/mol. The van der Waals surface area contributed by atoms with Crippen molar-refractivity contribution in [3.63, 3.8) is 0 Å². The van der Waals surface area contributed by atoms with Crippen molar-refractivity contribution < 1.29 is 0 Å². The van der Waals surface area contributed by atoms with Crippen LogP contribution in [0.4, 0.5) is 0 Å². The number of pyridine rings is 1. The minimum Gasteiger partial charge on any atom is -0.256 e. The van der Waals surface area contributed by atoms with E-state index in [2.05, 4.69) is 55.2 Å². The number of fused-ring (bicyclic) bond motifs is 1. The molecule has 0 spiro atoms. The summed E-state index contributed by atoms with van der Waals surface area (Å²) in [4.78, 5) is 4.42. The van der Waals surface area contributed by atoms with E-state index in [4.69, 9.17) is 0 Å². The van der Waals surface area contributed by atoms with Gasteiger partial charge >= 0.3 is 0 Å². The van der Waals surface area contributed by atoms with Crippen LogP contribution < -0.4 is 0 Å². The van der Waals surface area contributed by atoms with Crippen molar-refractivity contribution >= 4 is 16.8 Å². The van der Waals surface area contributed by atoms with Crippen LogP contribution in [0.3, 0.4) is 0 Å². The van der Waals surface area contributed by atoms with Gasteiger partial charge in [-0.1, -0.05) is 44.2 Å². The first-order chi connectivity index (χ1) is 7.75. The van der Waals surface area contributed by atoms with Crippen molar-refractivity contribution in [2.24, 2.45) is 5.92 Å². The van der Waals surface area contributed by atoms with Crippen LogP contribution in [-0.4, -0.2) is 4.98 Å². The van der Waals surface area contributed by atoms with Crippen molar-refractivity contribution in [1.29, 1.82) is 0 Å². The highest BCUT2D eigenvalue weighted by Gasteiger charge is 1.94. The quantitative estimate of drug-likeness (QED) is 0.737. The SMILES string of the molecule is CC(C)C/C=C/c1cc2ccccc2cn1. The van der Waals surface area contributed by atoms with Crippen LogP contribution in [0.2, 0.25) is 0 Å². The van der Waals surface area contributed by atoms with E-state index in [9.17, 15) is 0 Å². The summed E-state index contributed by atoms with van der Waals surface area (Å²) >= 11 is 0. The lowest BCUT2D eigenvalue weighted by Gasteiger charge is -1.99. The van der Waals surface area contributed by atoms with Gasteiger partial charge in [-0.05, 0) is 29.9 Å². The molecule has 1 heterocycles. The normalized spacial score (nSPS) is 11.7. The van der Waals surface area contributed by atoms with Crippen LogP contribution >= 0.6 is 0 Å². The predicted molar refractivity (Wildman–Crippen MR) is 70.2 cm³/mol. The number of nitrogens with zero attached hydrogens (tertiary/aromatic N) is 1. The second-order valence-electron chi connectivity index (χ2n) is 4.49. The van der Waals surface area contributed by atoms with Crippen molar-refractivity contribution in [3.8, 4) is 0 Å². The Morgan fingerprint density at radius 3 is 2.69 bits per heavy atom. The molecule has 0 saturated carbocycles. The van der Waals surface area contributed by atoms with Crippen LogP contribution in [0.15, 0.2) is 42.6 Å². The molecule has 0 aliphatic rings. The third-order valence-electron chi connectivity index (χ3n) is 2.55. The second-order valence-corrected chi connectivity index (χ2v) is 4.49. The van der Waals surface area contributed by atoms with Gasteiger partial charge in [-0.15, -0.1) is 0 Å². The third kappa shape index (κ3) is 2.69. The van der Waals surface area contributed by atoms with Gasteiger partial charge < -0.3 is 0 Å². The van der Waals surface area contributed by atoms with Gasteiger partial charge in [0.2, 0.25) is 0 Å². The molecule has 0 aliphatic heterocycles. The van der Waals surface area contributed by atoms with E-state index >= 15 is 0 Å². The largest absolute Gasteiger partial charge is 0.256 e. The molecule has 1 heteroatoms. The molecule has 0 bridgehead atoms. The Labute approximate surface area is 96.8 Å². The Hall–Kier alpha value is -1.63. The number of rotatable bonds is 3. The van der Waals surface area contributed by atoms with Crippen LogP contribution in [0.1, 0.15) is 26.0 Å². The third-order valence-corrected chi connectivity index (χ3v) is 2.55. The van der Waals surface area contributed by atoms with Gasteiger partial charge in [-0.2, -0.15) is 0 Å². The second kappa shape index (κ2) is 4.93. The van der Waals surface area contributed by atoms with Gasteiger partial charge in [-0.3, -0.25) is 4.98 Å². The highest BCUT2D eigenvalue weighted by Crippen LogP contribution is 2.14. The molecule has 0 amide bonds. The van der Waals surface area contributed by atoms with Crippen LogP contribution in [-0.2, 0) is 0 Å². The maximum absolute atomic E-state index is 4.42. The summed E-state index contributed by atoms with van der Waals surface area (Å²) in [5.41, 5.74) is 1.04.